The number of carbonyl (C=O) groups excluding carboxylic acids is 1. The molecule has 3 aromatic carbocycles. The van der Waals surface area contributed by atoms with Crippen LogP contribution in [0.3, 0.4) is 0 Å². The molecular formula is C26H24N4O3S. The zero-order chi connectivity index (χ0) is 23.5. The smallest absolute Gasteiger partial charge is 0.277 e. The summed E-state index contributed by atoms with van der Waals surface area (Å²) in [6.45, 7) is 5.57. The van der Waals surface area contributed by atoms with Crippen LogP contribution in [0, 0.1) is 0 Å². The number of ether oxygens (including phenoxy) is 1. The van der Waals surface area contributed by atoms with E-state index in [-0.39, 0.29) is 11.7 Å². The fourth-order valence-corrected chi connectivity index (χ4v) is 4.60. The van der Waals surface area contributed by atoms with Crippen molar-refractivity contribution in [3.8, 4) is 17.2 Å². The van der Waals surface area contributed by atoms with E-state index in [9.17, 15) is 4.79 Å². The van der Waals surface area contributed by atoms with Crippen LogP contribution in [0.4, 0.5) is 5.69 Å². The van der Waals surface area contributed by atoms with Gasteiger partial charge in [-0.25, -0.2) is 0 Å². The molecule has 8 heteroatoms. The zero-order valence-electron chi connectivity index (χ0n) is 18.9. The quantitative estimate of drug-likeness (QED) is 0.279. The van der Waals surface area contributed by atoms with Crippen LogP contribution in [0.25, 0.3) is 33.3 Å². The predicted molar refractivity (Wildman–Crippen MR) is 135 cm³/mol. The number of hydrogen-bond acceptors (Lipinski definition) is 6. The second-order valence-electron chi connectivity index (χ2n) is 7.66. The molecule has 0 unspecified atom stereocenters. The SMILES string of the molecule is CCOc1ccc(-c2nnc(SCC(=O)Nc3ccc4c(c3)c3ccccc3n4CC)o2)cc1. The summed E-state index contributed by atoms with van der Waals surface area (Å²) in [4.78, 5) is 12.6. The van der Waals surface area contributed by atoms with E-state index in [1.807, 2.05) is 55.5 Å². The lowest BCUT2D eigenvalue weighted by Crippen LogP contribution is -2.13. The number of thioether (sulfide) groups is 1. The Labute approximate surface area is 201 Å². The van der Waals surface area contributed by atoms with Crippen molar-refractivity contribution in [1.82, 2.24) is 14.8 Å². The molecule has 5 aromatic rings. The number of fused-ring (bicyclic) bond motifs is 3. The van der Waals surface area contributed by atoms with Gasteiger partial charge in [0.25, 0.3) is 5.22 Å². The molecule has 34 heavy (non-hydrogen) atoms. The highest BCUT2D eigenvalue weighted by molar-refractivity contribution is 7.99. The number of amides is 1. The fraction of sp³-hybridized carbons (Fsp3) is 0.192. The van der Waals surface area contributed by atoms with Crippen molar-refractivity contribution in [2.45, 2.75) is 25.6 Å². The highest BCUT2D eigenvalue weighted by Gasteiger charge is 2.13. The minimum absolute atomic E-state index is 0.135. The number of carbonyl (C=O) groups is 1. The molecule has 5 rings (SSSR count). The third-order valence-electron chi connectivity index (χ3n) is 5.52. The summed E-state index contributed by atoms with van der Waals surface area (Å²) in [5.41, 5.74) is 3.91. The third kappa shape index (κ3) is 4.36. The molecule has 0 saturated carbocycles. The van der Waals surface area contributed by atoms with Gasteiger partial charge < -0.3 is 19.0 Å². The Morgan fingerprint density at radius 3 is 2.59 bits per heavy atom. The van der Waals surface area contributed by atoms with E-state index < -0.39 is 0 Å². The Morgan fingerprint density at radius 2 is 1.79 bits per heavy atom. The maximum absolute atomic E-state index is 12.6. The Morgan fingerprint density at radius 1 is 1.00 bits per heavy atom. The number of aromatic nitrogens is 3. The molecule has 1 amide bonds. The minimum atomic E-state index is -0.135. The summed E-state index contributed by atoms with van der Waals surface area (Å²) in [5, 5.41) is 13.8. The van der Waals surface area contributed by atoms with Gasteiger partial charge >= 0.3 is 0 Å². The van der Waals surface area contributed by atoms with E-state index in [0.717, 1.165) is 34.4 Å². The minimum Gasteiger partial charge on any atom is -0.494 e. The first-order valence-corrected chi connectivity index (χ1v) is 12.1. The topological polar surface area (TPSA) is 82.2 Å². The molecule has 1 N–H and O–H groups in total. The van der Waals surface area contributed by atoms with Crippen LogP contribution in [0.15, 0.2) is 76.4 Å². The highest BCUT2D eigenvalue weighted by Crippen LogP contribution is 2.31. The van der Waals surface area contributed by atoms with E-state index in [2.05, 4.69) is 45.2 Å². The second kappa shape index (κ2) is 9.61. The number of hydrogen-bond donors (Lipinski definition) is 1. The molecule has 0 saturated heterocycles. The van der Waals surface area contributed by atoms with Crippen molar-refractivity contribution in [1.29, 1.82) is 0 Å². The number of benzene rings is 3. The van der Waals surface area contributed by atoms with Gasteiger partial charge in [-0.05, 0) is 62.4 Å². The number of nitrogens with zero attached hydrogens (tertiary/aromatic N) is 3. The summed E-state index contributed by atoms with van der Waals surface area (Å²) in [6.07, 6.45) is 0. The number of nitrogens with one attached hydrogen (secondary N) is 1. The predicted octanol–water partition coefficient (Wildman–Crippen LogP) is 5.99. The molecule has 7 nitrogen and oxygen atoms in total. The van der Waals surface area contributed by atoms with Gasteiger partial charge in [0, 0.05) is 39.6 Å². The molecule has 0 spiro atoms. The summed E-state index contributed by atoms with van der Waals surface area (Å²) < 4.78 is 13.4. The molecule has 0 aliphatic carbocycles. The summed E-state index contributed by atoms with van der Waals surface area (Å²) in [6, 6.07) is 21.8. The monoisotopic (exact) mass is 472 g/mol. The molecule has 0 aliphatic rings. The summed E-state index contributed by atoms with van der Waals surface area (Å²) >= 11 is 1.21. The highest BCUT2D eigenvalue weighted by atomic mass is 32.2. The molecule has 0 bridgehead atoms. The van der Waals surface area contributed by atoms with Crippen molar-refractivity contribution in [3.63, 3.8) is 0 Å². The van der Waals surface area contributed by atoms with Crippen LogP contribution in [0.2, 0.25) is 0 Å². The molecule has 2 aromatic heterocycles. The van der Waals surface area contributed by atoms with Crippen LogP contribution < -0.4 is 10.1 Å². The van der Waals surface area contributed by atoms with E-state index >= 15 is 0 Å². The van der Waals surface area contributed by atoms with Crippen molar-refractivity contribution < 1.29 is 13.9 Å². The Kier molecular flexibility index (Phi) is 6.22. The van der Waals surface area contributed by atoms with Gasteiger partial charge in [-0.2, -0.15) is 0 Å². The first kappa shape index (κ1) is 22.0. The zero-order valence-corrected chi connectivity index (χ0v) is 19.8. The van der Waals surface area contributed by atoms with Crippen molar-refractivity contribution in [2.24, 2.45) is 0 Å². The van der Waals surface area contributed by atoms with E-state index in [0.29, 0.717) is 17.7 Å². The first-order chi connectivity index (χ1) is 16.7. The normalized spacial score (nSPS) is 11.2. The number of rotatable bonds is 8. The molecule has 0 fully saturated rings. The van der Waals surface area contributed by atoms with Crippen molar-refractivity contribution >= 4 is 45.2 Å². The number of aryl methyl sites for hydroxylation is 1. The average Bonchev–Trinajstić information content (AvgIpc) is 3.46. The Hall–Kier alpha value is -3.78. The first-order valence-electron chi connectivity index (χ1n) is 11.2. The molecule has 2 heterocycles. The lowest BCUT2D eigenvalue weighted by atomic mass is 10.1. The molecular weight excluding hydrogens is 448 g/mol. The third-order valence-corrected chi connectivity index (χ3v) is 6.34. The van der Waals surface area contributed by atoms with E-state index in [1.54, 1.807) is 0 Å². The lowest BCUT2D eigenvalue weighted by molar-refractivity contribution is -0.113. The lowest BCUT2D eigenvalue weighted by Gasteiger charge is -2.06. The van der Waals surface area contributed by atoms with Crippen LogP contribution >= 0.6 is 11.8 Å². The van der Waals surface area contributed by atoms with Gasteiger partial charge in [0.05, 0.1) is 12.4 Å². The van der Waals surface area contributed by atoms with Crippen molar-refractivity contribution in [3.05, 3.63) is 66.7 Å². The van der Waals surface area contributed by atoms with Crippen LogP contribution in [0.5, 0.6) is 5.75 Å². The van der Waals surface area contributed by atoms with Gasteiger partial charge in [0.15, 0.2) is 0 Å². The van der Waals surface area contributed by atoms with Gasteiger partial charge in [0.1, 0.15) is 5.75 Å². The van der Waals surface area contributed by atoms with Gasteiger partial charge in [0.2, 0.25) is 11.8 Å². The molecule has 0 atom stereocenters. The largest absolute Gasteiger partial charge is 0.494 e. The van der Waals surface area contributed by atoms with Crippen LogP contribution in [-0.4, -0.2) is 33.0 Å². The van der Waals surface area contributed by atoms with Gasteiger partial charge in [-0.1, -0.05) is 30.0 Å². The summed E-state index contributed by atoms with van der Waals surface area (Å²) in [5.74, 6) is 1.22. The van der Waals surface area contributed by atoms with E-state index in [4.69, 9.17) is 9.15 Å². The fourth-order valence-electron chi connectivity index (χ4n) is 4.04. The van der Waals surface area contributed by atoms with Crippen LogP contribution in [-0.2, 0) is 11.3 Å². The number of para-hydroxylation sites is 1. The Balaban J connectivity index is 1.25. The average molecular weight is 473 g/mol. The molecule has 0 aliphatic heterocycles. The standard InChI is InChI=1S/C26H24N4O3S/c1-3-30-22-8-6-5-7-20(22)21-15-18(11-14-23(21)30)27-24(31)16-34-26-29-28-25(33-26)17-9-12-19(13-10-17)32-4-2/h5-15H,3-4,16H2,1-2H3,(H,27,31). The Bertz CT molecular complexity index is 1460. The second-order valence-corrected chi connectivity index (χ2v) is 8.59. The maximum atomic E-state index is 12.6. The maximum Gasteiger partial charge on any atom is 0.277 e. The van der Waals surface area contributed by atoms with Crippen molar-refractivity contribution in [2.75, 3.05) is 17.7 Å². The van der Waals surface area contributed by atoms with Gasteiger partial charge in [-0.15, -0.1) is 10.2 Å². The van der Waals surface area contributed by atoms with Gasteiger partial charge in [-0.3, -0.25) is 4.79 Å². The number of anilines is 1. The molecule has 0 radical (unpaired) electrons. The van der Waals surface area contributed by atoms with E-state index in [1.165, 1.54) is 22.7 Å². The van der Waals surface area contributed by atoms with Crippen LogP contribution in [0.1, 0.15) is 13.8 Å². The summed E-state index contributed by atoms with van der Waals surface area (Å²) in [7, 11) is 0. The molecule has 172 valence electrons.